The highest BCUT2D eigenvalue weighted by Gasteiger charge is 2.35. The highest BCUT2D eigenvalue weighted by molar-refractivity contribution is 7.67. The van der Waals surface area contributed by atoms with Crippen LogP contribution in [0, 0.1) is 12.5 Å². The first-order valence-corrected chi connectivity index (χ1v) is 5.45. The van der Waals surface area contributed by atoms with Crippen LogP contribution in [0.2, 0.25) is 0 Å². The third kappa shape index (κ3) is 4.47. The number of terminal acetylenes is 1. The normalized spacial score (nSPS) is 20.2. The van der Waals surface area contributed by atoms with Crippen LogP contribution in [0.1, 0.15) is 0 Å². The monoisotopic (exact) mass is 219 g/mol. The standard InChI is InChI=1S/C3H5F2NO4P2/c1-3-10-12(5,8)6-11(4,7)9-2/h1H,2H3,(H,6,7,8). The van der Waals surface area contributed by atoms with Gasteiger partial charge in [-0.25, -0.2) is 9.13 Å². The minimum absolute atomic E-state index is 0.698. The molecule has 0 aliphatic heterocycles. The van der Waals surface area contributed by atoms with E-state index in [0.29, 0.717) is 7.11 Å². The van der Waals surface area contributed by atoms with Crippen LogP contribution >= 0.6 is 15.7 Å². The minimum Gasteiger partial charge on any atom is -0.356 e. The Morgan fingerprint density at radius 1 is 1.42 bits per heavy atom. The molecule has 0 rings (SSSR count). The molecule has 0 amide bonds. The lowest BCUT2D eigenvalue weighted by Gasteiger charge is -2.09. The van der Waals surface area contributed by atoms with Crippen molar-refractivity contribution in [3.8, 4) is 12.5 Å². The summed E-state index contributed by atoms with van der Waals surface area (Å²) in [6.45, 7) is 0. The summed E-state index contributed by atoms with van der Waals surface area (Å²) in [4.78, 5) is 0.874. The molecule has 1 N–H and O–H groups in total. The van der Waals surface area contributed by atoms with E-state index < -0.39 is 15.7 Å². The lowest BCUT2D eigenvalue weighted by molar-refractivity contribution is 0.342. The molecule has 2 atom stereocenters. The molecular weight excluding hydrogens is 214 g/mol. The van der Waals surface area contributed by atoms with Crippen molar-refractivity contribution in [3.05, 3.63) is 0 Å². The second kappa shape index (κ2) is 4.01. The highest BCUT2D eigenvalue weighted by atomic mass is 31.3. The number of nitrogens with one attached hydrogen (secondary N) is 1. The molecule has 0 aliphatic carbocycles. The molecule has 0 fully saturated rings. The zero-order valence-corrected chi connectivity index (χ0v) is 7.65. The third-order valence-corrected chi connectivity index (χ3v) is 3.36. The zero-order chi connectivity index (χ0) is 9.83. The molecule has 0 spiro atoms. The van der Waals surface area contributed by atoms with Crippen LogP contribution < -0.4 is 4.86 Å². The fourth-order valence-corrected chi connectivity index (χ4v) is 2.04. The van der Waals surface area contributed by atoms with E-state index in [1.807, 2.05) is 0 Å². The first-order chi connectivity index (χ1) is 5.33. The van der Waals surface area contributed by atoms with Crippen LogP contribution in [0.4, 0.5) is 8.39 Å². The predicted molar refractivity (Wildman–Crippen MR) is 37.5 cm³/mol. The van der Waals surface area contributed by atoms with Crippen molar-refractivity contribution in [1.29, 1.82) is 0 Å². The van der Waals surface area contributed by atoms with Gasteiger partial charge in [-0.2, -0.15) is 0 Å². The Morgan fingerprint density at radius 3 is 2.25 bits per heavy atom. The van der Waals surface area contributed by atoms with E-state index >= 15 is 0 Å². The third-order valence-electron chi connectivity index (χ3n) is 0.644. The molecule has 9 heteroatoms. The Kier molecular flexibility index (Phi) is 3.88. The molecule has 0 radical (unpaired) electrons. The summed E-state index contributed by atoms with van der Waals surface area (Å²) < 4.78 is 52.4. The number of rotatable bonds is 4. The lowest BCUT2D eigenvalue weighted by atomic mass is 11.3. The van der Waals surface area contributed by atoms with E-state index in [4.69, 9.17) is 0 Å². The Labute approximate surface area is 67.7 Å². The van der Waals surface area contributed by atoms with Gasteiger partial charge in [0.25, 0.3) is 0 Å². The van der Waals surface area contributed by atoms with Crippen molar-refractivity contribution in [2.24, 2.45) is 0 Å². The maximum absolute atomic E-state index is 12.4. The van der Waals surface area contributed by atoms with Gasteiger partial charge in [-0.3, -0.25) is 4.52 Å². The van der Waals surface area contributed by atoms with Crippen LogP contribution in [0.5, 0.6) is 0 Å². The summed E-state index contributed by atoms with van der Waals surface area (Å²) in [6.07, 6.45) is 5.61. The Balaban J connectivity index is 4.37. The van der Waals surface area contributed by atoms with E-state index in [0.717, 1.165) is 4.86 Å². The molecule has 70 valence electrons. The molecular formula is C3H5F2NO4P2. The Morgan fingerprint density at radius 2 is 1.92 bits per heavy atom. The first-order valence-electron chi connectivity index (χ1n) is 2.42. The van der Waals surface area contributed by atoms with Gasteiger partial charge in [0, 0.05) is 7.11 Å². The Bertz CT molecular complexity index is 287. The van der Waals surface area contributed by atoms with Crippen molar-refractivity contribution >= 4 is 15.7 Å². The van der Waals surface area contributed by atoms with Gasteiger partial charge in [-0.1, -0.05) is 6.42 Å². The van der Waals surface area contributed by atoms with Crippen LogP contribution in [-0.2, 0) is 18.2 Å². The molecule has 0 aliphatic rings. The molecule has 0 heterocycles. The molecule has 0 saturated heterocycles. The fourth-order valence-electron chi connectivity index (χ4n) is 0.272. The summed E-state index contributed by atoms with van der Waals surface area (Å²) in [5, 5.41) is 0. The molecule has 12 heavy (non-hydrogen) atoms. The van der Waals surface area contributed by atoms with Crippen LogP contribution in [0.25, 0.3) is 0 Å². The van der Waals surface area contributed by atoms with E-state index in [9.17, 15) is 17.5 Å². The summed E-state index contributed by atoms with van der Waals surface area (Å²) in [7, 11) is -9.32. The average molecular weight is 219 g/mol. The summed E-state index contributed by atoms with van der Waals surface area (Å²) in [5.74, 6) is 0. The van der Waals surface area contributed by atoms with Crippen LogP contribution in [-0.4, -0.2) is 7.11 Å². The lowest BCUT2D eigenvalue weighted by Crippen LogP contribution is -2.03. The number of halogens is 2. The highest BCUT2D eigenvalue weighted by Crippen LogP contribution is 2.57. The predicted octanol–water partition coefficient (Wildman–Crippen LogP) is 1.98. The van der Waals surface area contributed by atoms with Crippen molar-refractivity contribution in [3.63, 3.8) is 0 Å². The van der Waals surface area contributed by atoms with Crippen molar-refractivity contribution in [2.75, 3.05) is 7.11 Å². The largest absolute Gasteiger partial charge is 0.514 e. The number of hydrogen-bond donors (Lipinski definition) is 1. The second-order valence-electron chi connectivity index (χ2n) is 1.45. The fraction of sp³-hybridized carbons (Fsp3) is 0.333. The van der Waals surface area contributed by atoms with Gasteiger partial charge < -0.3 is 4.52 Å². The van der Waals surface area contributed by atoms with E-state index in [-0.39, 0.29) is 0 Å². The van der Waals surface area contributed by atoms with Gasteiger partial charge in [0.1, 0.15) is 6.11 Å². The van der Waals surface area contributed by atoms with Crippen molar-refractivity contribution in [1.82, 2.24) is 4.86 Å². The number of hydrogen-bond acceptors (Lipinski definition) is 4. The van der Waals surface area contributed by atoms with Crippen LogP contribution in [0.15, 0.2) is 0 Å². The van der Waals surface area contributed by atoms with E-state index in [1.54, 1.807) is 0 Å². The second-order valence-corrected chi connectivity index (χ2v) is 4.72. The SMILES string of the molecule is C#COP(=O)(F)NP(=O)(F)OC. The molecule has 0 aromatic carbocycles. The van der Waals surface area contributed by atoms with Gasteiger partial charge in [0.15, 0.2) is 0 Å². The van der Waals surface area contributed by atoms with Crippen molar-refractivity contribution in [2.45, 2.75) is 0 Å². The molecule has 0 saturated carbocycles. The summed E-state index contributed by atoms with van der Waals surface area (Å²) in [6, 6.07) is 0. The van der Waals surface area contributed by atoms with Gasteiger partial charge in [-0.15, -0.1) is 13.3 Å². The van der Waals surface area contributed by atoms with Gasteiger partial charge in [0.05, 0.1) is 0 Å². The van der Waals surface area contributed by atoms with Crippen LogP contribution in [0.3, 0.4) is 0 Å². The first kappa shape index (κ1) is 11.6. The molecule has 2 unspecified atom stereocenters. The summed E-state index contributed by atoms with van der Waals surface area (Å²) >= 11 is 0. The smallest absolute Gasteiger partial charge is 0.356 e. The van der Waals surface area contributed by atoms with Gasteiger partial charge in [-0.05, 0) is 0 Å². The van der Waals surface area contributed by atoms with Gasteiger partial charge >= 0.3 is 15.7 Å². The minimum atomic E-state index is -5.08. The zero-order valence-electron chi connectivity index (χ0n) is 5.86. The Hall–Kier alpha value is -0.400. The van der Waals surface area contributed by atoms with Gasteiger partial charge in [0.2, 0.25) is 0 Å². The van der Waals surface area contributed by atoms with E-state index in [1.165, 1.54) is 6.11 Å². The molecule has 0 aromatic rings. The molecule has 0 aromatic heterocycles. The van der Waals surface area contributed by atoms with Crippen molar-refractivity contribution < 1.29 is 26.6 Å². The average Bonchev–Trinajstić information content (AvgIpc) is 1.85. The maximum atomic E-state index is 12.4. The maximum Gasteiger partial charge on any atom is 0.514 e. The summed E-state index contributed by atoms with van der Waals surface area (Å²) in [5.41, 5.74) is 0. The molecule has 0 bridgehead atoms. The quantitative estimate of drug-likeness (QED) is 0.578. The topological polar surface area (TPSA) is 64.6 Å². The molecule has 5 nitrogen and oxygen atoms in total. The van der Waals surface area contributed by atoms with E-state index in [2.05, 4.69) is 15.5 Å².